The van der Waals surface area contributed by atoms with E-state index in [1.54, 1.807) is 24.6 Å². The summed E-state index contributed by atoms with van der Waals surface area (Å²) in [5.74, 6) is -0.232. The van der Waals surface area contributed by atoms with Crippen LogP contribution in [0.25, 0.3) is 0 Å². The maximum atomic E-state index is 11.7. The van der Waals surface area contributed by atoms with Crippen LogP contribution in [-0.4, -0.2) is 25.7 Å². The zero-order chi connectivity index (χ0) is 15.3. The van der Waals surface area contributed by atoms with Gasteiger partial charge < -0.3 is 9.84 Å². The van der Waals surface area contributed by atoms with Crippen molar-refractivity contribution < 1.29 is 23.1 Å². The number of carbonyl (C=O) groups excluding carboxylic acids is 1. The number of aromatic hydroxyl groups is 1. The molecule has 8 heteroatoms. The van der Waals surface area contributed by atoms with E-state index in [-0.39, 0.29) is 11.4 Å². The lowest BCUT2D eigenvalue weighted by molar-refractivity contribution is 0.121. The lowest BCUT2D eigenvalue weighted by Gasteiger charge is -2.13. The fourth-order valence-electron chi connectivity index (χ4n) is 1.40. The van der Waals surface area contributed by atoms with Gasteiger partial charge in [0.15, 0.2) is 0 Å². The van der Waals surface area contributed by atoms with E-state index in [4.69, 9.17) is 0 Å². The molecular weight excluding hydrogens is 284 g/mol. The van der Waals surface area contributed by atoms with Crippen LogP contribution in [0.3, 0.4) is 0 Å². The van der Waals surface area contributed by atoms with Gasteiger partial charge in [-0.1, -0.05) is 13.0 Å². The van der Waals surface area contributed by atoms with Crippen molar-refractivity contribution in [3.8, 4) is 5.75 Å². The highest BCUT2D eigenvalue weighted by Crippen LogP contribution is 2.25. The lowest BCUT2D eigenvalue weighted by atomic mass is 10.1. The number of rotatable bonds is 5. The van der Waals surface area contributed by atoms with Gasteiger partial charge in [-0.2, -0.15) is 8.42 Å². The van der Waals surface area contributed by atoms with Crippen molar-refractivity contribution in [3.05, 3.63) is 23.8 Å². The first-order valence-corrected chi connectivity index (χ1v) is 7.55. The number of benzene rings is 1. The van der Waals surface area contributed by atoms with Crippen LogP contribution in [0.1, 0.15) is 26.3 Å². The van der Waals surface area contributed by atoms with Gasteiger partial charge in [-0.25, -0.2) is 9.52 Å². The summed E-state index contributed by atoms with van der Waals surface area (Å²) in [6.45, 7) is 5.08. The number of phenolic OH excluding ortho intramolecular Hbond substituents is 1. The molecule has 1 aromatic carbocycles. The highest BCUT2D eigenvalue weighted by molar-refractivity contribution is 7.91. The van der Waals surface area contributed by atoms with Gasteiger partial charge in [0.25, 0.3) is 0 Å². The number of hydrogen-bond donors (Lipinski definition) is 3. The maximum absolute atomic E-state index is 11.7. The highest BCUT2D eigenvalue weighted by atomic mass is 32.2. The highest BCUT2D eigenvalue weighted by Gasteiger charge is 2.18. The zero-order valence-corrected chi connectivity index (χ0v) is 12.3. The third-order valence-electron chi connectivity index (χ3n) is 2.27. The van der Waals surface area contributed by atoms with Gasteiger partial charge >= 0.3 is 16.3 Å². The molecule has 1 rings (SSSR count). The SMILES string of the molecule is CCc1ccc(O)c(NS(=O)(=O)NC(=O)OC(C)C)c1. The Kier molecular flexibility index (Phi) is 5.20. The second-order valence-electron chi connectivity index (χ2n) is 4.37. The molecule has 0 aliphatic rings. The van der Waals surface area contributed by atoms with Gasteiger partial charge in [-0.05, 0) is 38.0 Å². The van der Waals surface area contributed by atoms with E-state index in [1.165, 1.54) is 12.1 Å². The molecule has 7 nitrogen and oxygen atoms in total. The standard InChI is InChI=1S/C12H18N2O5S/c1-4-9-5-6-11(15)10(7-9)13-20(17,18)14-12(16)19-8(2)3/h5-8,13,15H,4H2,1-3H3,(H,14,16). The fourth-order valence-corrected chi connectivity index (χ4v) is 2.17. The predicted molar refractivity (Wildman–Crippen MR) is 74.8 cm³/mol. The average molecular weight is 302 g/mol. The largest absolute Gasteiger partial charge is 0.506 e. The first-order valence-electron chi connectivity index (χ1n) is 6.06. The van der Waals surface area contributed by atoms with E-state index in [0.29, 0.717) is 6.42 Å². The van der Waals surface area contributed by atoms with Gasteiger partial charge in [0.05, 0.1) is 11.8 Å². The number of anilines is 1. The van der Waals surface area contributed by atoms with Crippen molar-refractivity contribution >= 4 is 22.0 Å². The topological polar surface area (TPSA) is 105 Å². The van der Waals surface area contributed by atoms with E-state index >= 15 is 0 Å². The second kappa shape index (κ2) is 6.47. The van der Waals surface area contributed by atoms with Crippen LogP contribution in [-0.2, 0) is 21.4 Å². The smallest absolute Gasteiger partial charge is 0.422 e. The summed E-state index contributed by atoms with van der Waals surface area (Å²) in [4.78, 5) is 11.3. The number of nitrogens with one attached hydrogen (secondary N) is 2. The molecule has 3 N–H and O–H groups in total. The molecule has 0 atom stereocenters. The molecule has 0 aliphatic heterocycles. The van der Waals surface area contributed by atoms with Crippen LogP contribution >= 0.6 is 0 Å². The summed E-state index contributed by atoms with van der Waals surface area (Å²) >= 11 is 0. The number of aryl methyl sites for hydroxylation is 1. The first-order chi connectivity index (χ1) is 9.23. The number of ether oxygens (including phenoxy) is 1. The summed E-state index contributed by atoms with van der Waals surface area (Å²) in [5.41, 5.74) is 0.833. The molecule has 0 aliphatic carbocycles. The van der Waals surface area contributed by atoms with E-state index in [0.717, 1.165) is 5.56 Å². The molecular formula is C12H18N2O5S. The van der Waals surface area contributed by atoms with Crippen LogP contribution in [0.15, 0.2) is 18.2 Å². The van der Waals surface area contributed by atoms with Gasteiger partial charge in [-0.15, -0.1) is 0 Å². The molecule has 0 fully saturated rings. The Balaban J connectivity index is 2.83. The van der Waals surface area contributed by atoms with E-state index < -0.39 is 22.4 Å². The lowest BCUT2D eigenvalue weighted by Crippen LogP contribution is -2.36. The van der Waals surface area contributed by atoms with Crippen molar-refractivity contribution in [1.29, 1.82) is 0 Å². The zero-order valence-electron chi connectivity index (χ0n) is 11.5. The van der Waals surface area contributed by atoms with Crippen LogP contribution in [0.5, 0.6) is 5.75 Å². The summed E-state index contributed by atoms with van der Waals surface area (Å²) < 4.78 is 31.9. The molecule has 1 amide bonds. The molecule has 0 spiro atoms. The third-order valence-corrected chi connectivity index (χ3v) is 3.20. The Labute approximate surface area is 118 Å². The number of carbonyl (C=O) groups is 1. The molecule has 20 heavy (non-hydrogen) atoms. The average Bonchev–Trinajstić information content (AvgIpc) is 2.29. The number of hydrogen-bond acceptors (Lipinski definition) is 5. The Bertz CT molecular complexity index is 584. The molecule has 0 heterocycles. The third kappa shape index (κ3) is 4.96. The van der Waals surface area contributed by atoms with Gasteiger partial charge in [0.2, 0.25) is 0 Å². The Hall–Kier alpha value is -1.96. The normalized spacial score (nSPS) is 11.2. The number of phenols is 1. The van der Waals surface area contributed by atoms with Crippen LogP contribution in [0.2, 0.25) is 0 Å². The van der Waals surface area contributed by atoms with Crippen molar-refractivity contribution in [2.24, 2.45) is 0 Å². The predicted octanol–water partition coefficient (Wildman–Crippen LogP) is 1.75. The fraction of sp³-hybridized carbons (Fsp3) is 0.417. The van der Waals surface area contributed by atoms with Crippen molar-refractivity contribution in [1.82, 2.24) is 4.72 Å². The molecule has 0 radical (unpaired) electrons. The van der Waals surface area contributed by atoms with Gasteiger partial charge in [-0.3, -0.25) is 4.72 Å². The molecule has 0 saturated heterocycles. The van der Waals surface area contributed by atoms with Crippen LogP contribution in [0, 0.1) is 0 Å². The van der Waals surface area contributed by atoms with Crippen LogP contribution in [0.4, 0.5) is 10.5 Å². The van der Waals surface area contributed by atoms with Crippen molar-refractivity contribution in [2.75, 3.05) is 4.72 Å². The van der Waals surface area contributed by atoms with E-state index in [1.807, 2.05) is 6.92 Å². The second-order valence-corrected chi connectivity index (χ2v) is 5.78. The Morgan fingerprint density at radius 3 is 2.60 bits per heavy atom. The van der Waals surface area contributed by atoms with Crippen molar-refractivity contribution in [2.45, 2.75) is 33.3 Å². The molecule has 1 aromatic rings. The molecule has 0 saturated carbocycles. The maximum Gasteiger partial charge on any atom is 0.422 e. The van der Waals surface area contributed by atoms with Gasteiger partial charge in [0.1, 0.15) is 5.75 Å². The Morgan fingerprint density at radius 2 is 2.05 bits per heavy atom. The van der Waals surface area contributed by atoms with E-state index in [2.05, 4.69) is 9.46 Å². The minimum absolute atomic E-state index is 0.00537. The summed E-state index contributed by atoms with van der Waals surface area (Å²) in [6.07, 6.45) is -0.849. The minimum Gasteiger partial charge on any atom is -0.506 e. The molecule has 112 valence electrons. The molecule has 0 unspecified atom stereocenters. The van der Waals surface area contributed by atoms with Gasteiger partial charge in [0, 0.05) is 0 Å². The minimum atomic E-state index is -4.16. The quantitative estimate of drug-likeness (QED) is 0.719. The summed E-state index contributed by atoms with van der Waals surface area (Å²) in [5, 5.41) is 9.60. The Morgan fingerprint density at radius 1 is 1.40 bits per heavy atom. The van der Waals surface area contributed by atoms with Crippen LogP contribution < -0.4 is 9.44 Å². The van der Waals surface area contributed by atoms with E-state index in [9.17, 15) is 18.3 Å². The summed E-state index contributed by atoms with van der Waals surface area (Å²) in [6, 6.07) is 4.54. The number of amides is 1. The van der Waals surface area contributed by atoms with Crippen molar-refractivity contribution in [3.63, 3.8) is 0 Å². The first kappa shape index (κ1) is 16.1. The monoisotopic (exact) mass is 302 g/mol. The molecule has 0 aromatic heterocycles. The summed E-state index contributed by atoms with van der Waals surface area (Å²) in [7, 11) is -4.16. The molecule has 0 bridgehead atoms.